The van der Waals surface area contributed by atoms with Gasteiger partial charge in [0.2, 0.25) is 0 Å². The fourth-order valence-electron chi connectivity index (χ4n) is 1.50. The van der Waals surface area contributed by atoms with Gasteiger partial charge in [-0.15, -0.1) is 0 Å². The van der Waals surface area contributed by atoms with Gasteiger partial charge in [-0.1, -0.05) is 18.2 Å². The summed E-state index contributed by atoms with van der Waals surface area (Å²) in [5.74, 6) is 0. The predicted octanol–water partition coefficient (Wildman–Crippen LogP) is 1.94. The van der Waals surface area contributed by atoms with E-state index in [2.05, 4.69) is 0 Å². The van der Waals surface area contributed by atoms with Gasteiger partial charge in [-0.3, -0.25) is 0 Å². The predicted molar refractivity (Wildman–Crippen MR) is 45.5 cm³/mol. The first-order valence-electron chi connectivity index (χ1n) is 3.90. The molecule has 0 saturated carbocycles. The number of benzene rings is 1. The minimum atomic E-state index is 0.650. The second-order valence-electron chi connectivity index (χ2n) is 2.83. The molecule has 0 unspecified atom stereocenters. The van der Waals surface area contributed by atoms with Gasteiger partial charge in [0.1, 0.15) is 0 Å². The molecule has 0 spiro atoms. The fourth-order valence-corrected chi connectivity index (χ4v) is 1.50. The van der Waals surface area contributed by atoms with Crippen LogP contribution in [0.15, 0.2) is 24.3 Å². The van der Waals surface area contributed by atoms with Crippen molar-refractivity contribution >= 4 is 5.69 Å². The monoisotopic (exact) mass is 148 g/mol. The van der Waals surface area contributed by atoms with Crippen LogP contribution in [0.5, 0.6) is 0 Å². The molecule has 0 bridgehead atoms. The number of anilines is 1. The minimum Gasteiger partial charge on any atom is -0.758 e. The van der Waals surface area contributed by atoms with Crippen molar-refractivity contribution in [3.63, 3.8) is 0 Å². The van der Waals surface area contributed by atoms with E-state index in [-0.39, 0.29) is 0 Å². The summed E-state index contributed by atoms with van der Waals surface area (Å²) in [4.78, 5) is 0. The van der Waals surface area contributed by atoms with Gasteiger partial charge in [0.25, 0.3) is 0 Å². The summed E-state index contributed by atoms with van der Waals surface area (Å²) in [6.45, 7) is 0.650. The van der Waals surface area contributed by atoms with E-state index in [0.717, 1.165) is 23.6 Å². The molecule has 0 fully saturated rings. The maximum Gasteiger partial charge on any atom is 0.0291 e. The molecule has 0 atom stereocenters. The molecule has 0 radical (unpaired) electrons. The number of para-hydroxylation sites is 1. The number of aryl methyl sites for hydroxylation is 1. The first-order valence-corrected chi connectivity index (χ1v) is 3.90. The van der Waals surface area contributed by atoms with Crippen LogP contribution in [0.3, 0.4) is 0 Å². The molecule has 0 N–H and O–H groups in total. The van der Waals surface area contributed by atoms with Crippen molar-refractivity contribution in [1.29, 1.82) is 0 Å². The van der Waals surface area contributed by atoms with Gasteiger partial charge < -0.3 is 10.3 Å². The summed E-state index contributed by atoms with van der Waals surface area (Å²) in [6, 6.07) is 7.81. The van der Waals surface area contributed by atoms with Crippen LogP contribution >= 0.6 is 0 Å². The van der Waals surface area contributed by atoms with Crippen LogP contribution < -0.4 is 5.06 Å². The summed E-state index contributed by atoms with van der Waals surface area (Å²) >= 11 is 0. The Bertz CT molecular complexity index is 259. The van der Waals surface area contributed by atoms with E-state index in [1.165, 1.54) is 5.56 Å². The van der Waals surface area contributed by atoms with Crippen molar-refractivity contribution in [1.82, 2.24) is 0 Å². The van der Waals surface area contributed by atoms with Crippen molar-refractivity contribution in [2.24, 2.45) is 0 Å². The van der Waals surface area contributed by atoms with Gasteiger partial charge >= 0.3 is 0 Å². The second kappa shape index (κ2) is 2.55. The topological polar surface area (TPSA) is 26.3 Å². The molecule has 1 aliphatic heterocycles. The van der Waals surface area contributed by atoms with Crippen molar-refractivity contribution in [2.45, 2.75) is 12.8 Å². The summed E-state index contributed by atoms with van der Waals surface area (Å²) < 4.78 is 0. The highest BCUT2D eigenvalue weighted by Crippen LogP contribution is 2.25. The van der Waals surface area contributed by atoms with E-state index in [4.69, 9.17) is 0 Å². The lowest BCUT2D eigenvalue weighted by Gasteiger charge is -2.36. The van der Waals surface area contributed by atoms with Crippen LogP contribution in [0.25, 0.3) is 0 Å². The van der Waals surface area contributed by atoms with Gasteiger partial charge in [-0.2, -0.15) is 0 Å². The van der Waals surface area contributed by atoms with Crippen molar-refractivity contribution < 1.29 is 0 Å². The standard InChI is InChI=1S/C9H10NO/c11-10-7-3-5-8-4-1-2-6-9(8)10/h1-2,4,6H,3,5,7H2/q-1. The van der Waals surface area contributed by atoms with Crippen molar-refractivity contribution in [3.8, 4) is 0 Å². The van der Waals surface area contributed by atoms with E-state index >= 15 is 0 Å². The molecule has 0 aliphatic carbocycles. The molecule has 0 saturated heterocycles. The number of fused-ring (bicyclic) bond motifs is 1. The molecule has 0 amide bonds. The molecular weight excluding hydrogens is 138 g/mol. The Balaban J connectivity index is 2.44. The summed E-state index contributed by atoms with van der Waals surface area (Å²) in [5, 5.41) is 12.3. The van der Waals surface area contributed by atoms with E-state index < -0.39 is 0 Å². The van der Waals surface area contributed by atoms with Gasteiger partial charge in [-0.25, -0.2) is 0 Å². The summed E-state index contributed by atoms with van der Waals surface area (Å²) in [6.07, 6.45) is 2.04. The Morgan fingerprint density at radius 1 is 1.27 bits per heavy atom. The van der Waals surface area contributed by atoms with E-state index in [1.807, 2.05) is 24.3 Å². The smallest absolute Gasteiger partial charge is 0.0291 e. The average molecular weight is 148 g/mol. The third kappa shape index (κ3) is 1.10. The molecule has 2 heteroatoms. The quantitative estimate of drug-likeness (QED) is 0.562. The number of hydrogen-bond donors (Lipinski definition) is 0. The fraction of sp³-hybridized carbons (Fsp3) is 0.333. The lowest BCUT2D eigenvalue weighted by Crippen LogP contribution is -2.22. The number of hydroxylamine groups is 1. The maximum absolute atomic E-state index is 11.2. The Labute approximate surface area is 66.0 Å². The zero-order chi connectivity index (χ0) is 7.68. The molecule has 0 aromatic heterocycles. The summed E-state index contributed by atoms with van der Waals surface area (Å²) in [5.41, 5.74) is 2.05. The first kappa shape index (κ1) is 6.68. The molecular formula is C9H10NO-. The van der Waals surface area contributed by atoms with Gasteiger partial charge in [0, 0.05) is 12.2 Å². The molecule has 1 heterocycles. The zero-order valence-corrected chi connectivity index (χ0v) is 6.29. The SMILES string of the molecule is [O-]N1CCCc2ccccc21. The Hall–Kier alpha value is -1.02. The number of rotatable bonds is 0. The van der Waals surface area contributed by atoms with Gasteiger partial charge in [0.15, 0.2) is 0 Å². The molecule has 1 aliphatic rings. The number of hydrogen-bond acceptors (Lipinski definition) is 2. The van der Waals surface area contributed by atoms with Crippen molar-refractivity contribution in [2.75, 3.05) is 11.6 Å². The maximum atomic E-state index is 11.2. The van der Waals surface area contributed by atoms with Crippen LogP contribution in [0.4, 0.5) is 5.69 Å². The summed E-state index contributed by atoms with van der Waals surface area (Å²) in [7, 11) is 0. The molecule has 58 valence electrons. The minimum absolute atomic E-state index is 0.650. The van der Waals surface area contributed by atoms with Gasteiger partial charge in [-0.05, 0) is 24.5 Å². The lowest BCUT2D eigenvalue weighted by molar-refractivity contribution is 0.764. The number of nitrogens with zero attached hydrogens (tertiary/aromatic N) is 1. The van der Waals surface area contributed by atoms with Crippen molar-refractivity contribution in [3.05, 3.63) is 35.0 Å². The highest BCUT2D eigenvalue weighted by molar-refractivity contribution is 5.55. The zero-order valence-electron chi connectivity index (χ0n) is 6.29. The molecule has 2 rings (SSSR count). The van der Waals surface area contributed by atoms with Crippen LogP contribution in [0.2, 0.25) is 0 Å². The molecule has 11 heavy (non-hydrogen) atoms. The molecule has 1 aromatic rings. The van der Waals surface area contributed by atoms with E-state index in [9.17, 15) is 5.21 Å². The van der Waals surface area contributed by atoms with E-state index in [0.29, 0.717) is 6.54 Å². The third-order valence-corrected chi connectivity index (χ3v) is 2.07. The van der Waals surface area contributed by atoms with E-state index in [1.54, 1.807) is 0 Å². The normalized spacial score (nSPS) is 16.3. The Morgan fingerprint density at radius 3 is 2.91 bits per heavy atom. The first-order chi connectivity index (χ1) is 5.38. The van der Waals surface area contributed by atoms with Crippen LogP contribution in [-0.4, -0.2) is 6.54 Å². The second-order valence-corrected chi connectivity index (χ2v) is 2.83. The van der Waals surface area contributed by atoms with Crippen LogP contribution in [0, 0.1) is 5.21 Å². The highest BCUT2D eigenvalue weighted by atomic mass is 16.5. The lowest BCUT2D eigenvalue weighted by atomic mass is 10.0. The molecule has 1 aromatic carbocycles. The van der Waals surface area contributed by atoms with Gasteiger partial charge in [0.05, 0.1) is 0 Å². The Kier molecular flexibility index (Phi) is 1.55. The third-order valence-electron chi connectivity index (χ3n) is 2.07. The molecule has 2 nitrogen and oxygen atoms in total. The highest BCUT2D eigenvalue weighted by Gasteiger charge is 2.07. The average Bonchev–Trinajstić information content (AvgIpc) is 2.06. The van der Waals surface area contributed by atoms with Crippen LogP contribution in [-0.2, 0) is 6.42 Å². The van der Waals surface area contributed by atoms with Crippen LogP contribution in [0.1, 0.15) is 12.0 Å². The largest absolute Gasteiger partial charge is 0.758 e. The Morgan fingerprint density at radius 2 is 2.09 bits per heavy atom.